The molecule has 2 aliphatic carbocycles. The van der Waals surface area contributed by atoms with Gasteiger partial charge in [-0.3, -0.25) is 0 Å². The van der Waals surface area contributed by atoms with Crippen LogP contribution in [0.25, 0.3) is 0 Å². The second kappa shape index (κ2) is 5.19. The van der Waals surface area contributed by atoms with E-state index < -0.39 is 5.79 Å². The van der Waals surface area contributed by atoms with Gasteiger partial charge in [0.05, 0.1) is 19.3 Å². The van der Waals surface area contributed by atoms with Gasteiger partial charge in [0.1, 0.15) is 0 Å². The molecule has 3 fully saturated rings. The zero-order chi connectivity index (χ0) is 18.6. The van der Waals surface area contributed by atoms with E-state index in [0.29, 0.717) is 12.0 Å². The second-order valence-corrected chi connectivity index (χ2v) is 9.27. The summed E-state index contributed by atoms with van der Waals surface area (Å²) in [5.41, 5.74) is 2.81. The number of rotatable bonds is 1. The van der Waals surface area contributed by atoms with Crippen LogP contribution in [0, 0.1) is 5.92 Å². The Balaban J connectivity index is 1.58. The molecule has 0 aromatic heterocycles. The zero-order valence-corrected chi connectivity index (χ0v) is 16.7. The van der Waals surface area contributed by atoms with E-state index in [0.717, 1.165) is 43.7 Å². The Morgan fingerprint density at radius 1 is 1.15 bits per heavy atom. The number of piperidine rings is 1. The van der Waals surface area contributed by atoms with Crippen molar-refractivity contribution in [3.8, 4) is 11.5 Å². The molecule has 5 heteroatoms. The highest BCUT2D eigenvalue weighted by Crippen LogP contribution is 2.66. The minimum atomic E-state index is -0.631. The summed E-state index contributed by atoms with van der Waals surface area (Å²) >= 11 is 0. The molecule has 2 saturated heterocycles. The third kappa shape index (κ3) is 1.82. The van der Waals surface area contributed by atoms with Crippen LogP contribution in [-0.4, -0.2) is 55.7 Å². The minimum absolute atomic E-state index is 0.0172. The van der Waals surface area contributed by atoms with Crippen molar-refractivity contribution in [3.63, 3.8) is 0 Å². The monoisotopic (exact) mass is 371 g/mol. The SMILES string of the molecule is COc1ccc2c3c1O[C@H]1C4(CCC5[C@@H](C2)N(C)CC[C@@]351)OC(C)C(C)O4. The third-order valence-corrected chi connectivity index (χ3v) is 8.23. The molecule has 1 saturated carbocycles. The smallest absolute Gasteiger partial charge is 0.207 e. The van der Waals surface area contributed by atoms with Crippen molar-refractivity contribution in [2.24, 2.45) is 5.92 Å². The molecule has 3 unspecified atom stereocenters. The van der Waals surface area contributed by atoms with E-state index in [4.69, 9.17) is 18.9 Å². The Morgan fingerprint density at radius 3 is 2.67 bits per heavy atom. The van der Waals surface area contributed by atoms with Gasteiger partial charge in [0.15, 0.2) is 17.6 Å². The van der Waals surface area contributed by atoms with Crippen LogP contribution in [-0.2, 0) is 21.3 Å². The molecule has 0 radical (unpaired) electrons. The van der Waals surface area contributed by atoms with Crippen LogP contribution < -0.4 is 9.47 Å². The normalized spacial score (nSPS) is 47.0. The van der Waals surface area contributed by atoms with Gasteiger partial charge < -0.3 is 23.8 Å². The molecule has 6 atom stereocenters. The first-order valence-electron chi connectivity index (χ1n) is 10.4. The largest absolute Gasteiger partial charge is 0.493 e. The highest BCUT2D eigenvalue weighted by atomic mass is 16.8. The maximum absolute atomic E-state index is 6.78. The molecule has 27 heavy (non-hydrogen) atoms. The van der Waals surface area contributed by atoms with E-state index in [2.05, 4.69) is 37.9 Å². The van der Waals surface area contributed by atoms with Gasteiger partial charge in [0.25, 0.3) is 0 Å². The average Bonchev–Trinajstić information content (AvgIpc) is 3.15. The average molecular weight is 371 g/mol. The molecular weight excluding hydrogens is 342 g/mol. The third-order valence-electron chi connectivity index (χ3n) is 8.23. The number of hydrogen-bond acceptors (Lipinski definition) is 5. The predicted octanol–water partition coefficient (Wildman–Crippen LogP) is 2.88. The predicted molar refractivity (Wildman–Crippen MR) is 100 cm³/mol. The molecule has 2 bridgehead atoms. The summed E-state index contributed by atoms with van der Waals surface area (Å²) in [7, 11) is 4.02. The van der Waals surface area contributed by atoms with Crippen molar-refractivity contribution in [3.05, 3.63) is 23.3 Å². The van der Waals surface area contributed by atoms with E-state index in [1.807, 2.05) is 0 Å². The highest BCUT2D eigenvalue weighted by Gasteiger charge is 2.72. The molecule has 0 amide bonds. The van der Waals surface area contributed by atoms with Crippen LogP contribution in [0.2, 0.25) is 0 Å². The van der Waals surface area contributed by atoms with Crippen LogP contribution in [0.4, 0.5) is 0 Å². The molecule has 5 nitrogen and oxygen atoms in total. The summed E-state index contributed by atoms with van der Waals surface area (Å²) in [5.74, 6) is 1.76. The van der Waals surface area contributed by atoms with Gasteiger partial charge in [-0.15, -0.1) is 0 Å². The Hall–Kier alpha value is -1.30. The van der Waals surface area contributed by atoms with Gasteiger partial charge in [-0.25, -0.2) is 0 Å². The number of nitrogens with zero attached hydrogens (tertiary/aromatic N) is 1. The Bertz CT molecular complexity index is 800. The fraction of sp³-hybridized carbons (Fsp3) is 0.727. The van der Waals surface area contributed by atoms with Crippen molar-refractivity contribution in [1.82, 2.24) is 4.90 Å². The summed E-state index contributed by atoms with van der Waals surface area (Å²) in [5, 5.41) is 0. The number of fused-ring (bicyclic) bond motifs is 1. The molecule has 2 spiro atoms. The lowest BCUT2D eigenvalue weighted by Gasteiger charge is -2.60. The quantitative estimate of drug-likeness (QED) is 0.759. The first kappa shape index (κ1) is 16.6. The first-order chi connectivity index (χ1) is 13.0. The van der Waals surface area contributed by atoms with Crippen molar-refractivity contribution < 1.29 is 18.9 Å². The van der Waals surface area contributed by atoms with Gasteiger partial charge >= 0.3 is 0 Å². The van der Waals surface area contributed by atoms with Gasteiger partial charge in [-0.1, -0.05) is 6.07 Å². The Labute approximate surface area is 160 Å². The second-order valence-electron chi connectivity index (χ2n) is 9.27. The van der Waals surface area contributed by atoms with Crippen LogP contribution in [0.15, 0.2) is 12.1 Å². The standard InChI is InChI=1S/C22H29NO4/c1-12-13(2)27-22(26-12)8-7-15-16-11-14-5-6-17(24-4)19-18(14)21(15,20(22)25-19)9-10-23(16)3/h5-6,12-13,15-16,20H,7-11H2,1-4H3/t12?,13?,15?,16-,20-,21+,22?/m1/s1. The summed E-state index contributed by atoms with van der Waals surface area (Å²) in [6.45, 7) is 5.34. The lowest BCUT2D eigenvalue weighted by atomic mass is 9.50. The van der Waals surface area contributed by atoms with Gasteiger partial charge in [-0.2, -0.15) is 0 Å². The van der Waals surface area contributed by atoms with Crippen molar-refractivity contribution in [2.75, 3.05) is 20.7 Å². The summed E-state index contributed by atoms with van der Waals surface area (Å²) in [4.78, 5) is 2.57. The van der Waals surface area contributed by atoms with Gasteiger partial charge in [0.2, 0.25) is 5.79 Å². The van der Waals surface area contributed by atoms with Crippen LogP contribution >= 0.6 is 0 Å². The van der Waals surface area contributed by atoms with Crippen molar-refractivity contribution in [2.45, 2.75) is 75.1 Å². The molecule has 3 heterocycles. The van der Waals surface area contributed by atoms with E-state index in [9.17, 15) is 0 Å². The molecule has 0 N–H and O–H groups in total. The van der Waals surface area contributed by atoms with Crippen molar-refractivity contribution >= 4 is 0 Å². The maximum atomic E-state index is 6.78. The first-order valence-corrected chi connectivity index (χ1v) is 10.4. The maximum Gasteiger partial charge on any atom is 0.207 e. The minimum Gasteiger partial charge on any atom is -0.493 e. The van der Waals surface area contributed by atoms with Crippen LogP contribution in [0.5, 0.6) is 11.5 Å². The number of likely N-dealkylation sites (N-methyl/N-ethyl adjacent to an activating group) is 1. The fourth-order valence-electron chi connectivity index (χ4n) is 6.95. The molecule has 1 aromatic rings. The topological polar surface area (TPSA) is 40.2 Å². The number of hydrogen-bond donors (Lipinski definition) is 0. The molecule has 6 rings (SSSR count). The van der Waals surface area contributed by atoms with Crippen LogP contribution in [0.1, 0.15) is 44.2 Å². The highest BCUT2D eigenvalue weighted by molar-refractivity contribution is 5.61. The van der Waals surface area contributed by atoms with E-state index in [1.54, 1.807) is 7.11 Å². The Kier molecular flexibility index (Phi) is 3.20. The van der Waals surface area contributed by atoms with E-state index >= 15 is 0 Å². The summed E-state index contributed by atoms with van der Waals surface area (Å²) < 4.78 is 25.6. The fourth-order valence-corrected chi connectivity index (χ4v) is 6.95. The number of likely N-dealkylation sites (tertiary alicyclic amines) is 1. The van der Waals surface area contributed by atoms with E-state index in [-0.39, 0.29) is 23.7 Å². The Morgan fingerprint density at radius 2 is 1.93 bits per heavy atom. The molecular formula is C22H29NO4. The van der Waals surface area contributed by atoms with Crippen molar-refractivity contribution in [1.29, 1.82) is 0 Å². The van der Waals surface area contributed by atoms with Gasteiger partial charge in [-0.05, 0) is 64.3 Å². The lowest BCUT2D eigenvalue weighted by Crippen LogP contribution is -2.70. The summed E-state index contributed by atoms with van der Waals surface area (Å²) in [6.07, 6.45) is 4.35. The van der Waals surface area contributed by atoms with Crippen LogP contribution in [0.3, 0.4) is 0 Å². The molecule has 5 aliphatic rings. The molecule has 1 aromatic carbocycles. The lowest BCUT2D eigenvalue weighted by molar-refractivity contribution is -0.270. The summed E-state index contributed by atoms with van der Waals surface area (Å²) in [6, 6.07) is 4.91. The zero-order valence-electron chi connectivity index (χ0n) is 16.7. The number of methoxy groups -OCH3 is 1. The molecule has 146 valence electrons. The number of benzene rings is 1. The molecule has 3 aliphatic heterocycles. The van der Waals surface area contributed by atoms with E-state index in [1.165, 1.54) is 11.1 Å². The van der Waals surface area contributed by atoms with Gasteiger partial charge in [0, 0.05) is 23.4 Å². The number of ether oxygens (including phenoxy) is 4.